The molecule has 1 saturated heterocycles. The second kappa shape index (κ2) is 13.1. The smallest absolute Gasteiger partial charge is 0.0950 e. The highest BCUT2D eigenvalue weighted by atomic mass is 79.9. The van der Waals surface area contributed by atoms with Crippen LogP contribution in [0.25, 0.3) is 0 Å². The maximum absolute atomic E-state index is 12.8. The fourth-order valence-electron chi connectivity index (χ4n) is 3.52. The minimum Gasteiger partial charge on any atom is -0.396 e. The molecule has 30 heavy (non-hydrogen) atoms. The highest BCUT2D eigenvalue weighted by Gasteiger charge is 2.26. The van der Waals surface area contributed by atoms with Crippen LogP contribution in [0.15, 0.2) is 51.4 Å². The molecule has 2 aliphatic carbocycles. The summed E-state index contributed by atoms with van der Waals surface area (Å²) in [5.41, 5.74) is 9.32. The molecule has 3 N–H and O–H groups in total. The van der Waals surface area contributed by atoms with Crippen LogP contribution in [0, 0.1) is 11.8 Å². The summed E-state index contributed by atoms with van der Waals surface area (Å²) in [5.74, 6) is 1.02. The van der Waals surface area contributed by atoms with Gasteiger partial charge >= 0.3 is 0 Å². The molecular formula is C23H36BrFN4O. The van der Waals surface area contributed by atoms with E-state index in [1.54, 1.807) is 0 Å². The third-order valence-corrected chi connectivity index (χ3v) is 6.60. The van der Waals surface area contributed by atoms with Crippen molar-refractivity contribution >= 4 is 22.6 Å². The van der Waals surface area contributed by atoms with Crippen LogP contribution in [0.5, 0.6) is 0 Å². The Kier molecular flexibility index (Phi) is 10.8. The predicted octanol–water partition coefficient (Wildman–Crippen LogP) is 4.29. The Morgan fingerprint density at radius 2 is 2.17 bits per heavy atom. The molecule has 0 amide bonds. The molecule has 0 aromatic rings. The Bertz CT molecular complexity index is 666. The van der Waals surface area contributed by atoms with Crippen molar-refractivity contribution in [3.05, 3.63) is 46.4 Å². The van der Waals surface area contributed by atoms with Crippen LogP contribution in [0.2, 0.25) is 0 Å². The number of aliphatic imine (C=N–C) groups is 1. The maximum atomic E-state index is 12.8. The van der Waals surface area contributed by atoms with E-state index in [2.05, 4.69) is 56.6 Å². The first-order chi connectivity index (χ1) is 14.5. The fourth-order valence-corrected chi connectivity index (χ4v) is 4.06. The van der Waals surface area contributed by atoms with Crippen LogP contribution in [-0.4, -0.2) is 57.2 Å². The predicted molar refractivity (Wildman–Crippen MR) is 127 cm³/mol. The molecule has 3 rings (SSSR count). The molecule has 3 aliphatic rings. The van der Waals surface area contributed by atoms with Crippen molar-refractivity contribution in [3.8, 4) is 0 Å². The number of likely N-dealkylation sites (tertiary alicyclic amines) is 1. The first kappa shape index (κ1) is 24.8. The van der Waals surface area contributed by atoms with Gasteiger partial charge in [0, 0.05) is 36.2 Å². The van der Waals surface area contributed by atoms with E-state index >= 15 is 0 Å². The molecule has 0 aromatic carbocycles. The van der Waals surface area contributed by atoms with Gasteiger partial charge in [-0.1, -0.05) is 34.7 Å². The molecule has 2 fully saturated rings. The van der Waals surface area contributed by atoms with E-state index in [0.29, 0.717) is 6.61 Å². The van der Waals surface area contributed by atoms with Gasteiger partial charge in [-0.3, -0.25) is 14.3 Å². The van der Waals surface area contributed by atoms with E-state index in [1.165, 1.54) is 24.6 Å². The molecular weight excluding hydrogens is 447 g/mol. The van der Waals surface area contributed by atoms with Crippen molar-refractivity contribution in [2.75, 3.05) is 39.5 Å². The lowest BCUT2D eigenvalue weighted by Gasteiger charge is -2.26. The van der Waals surface area contributed by atoms with Crippen molar-refractivity contribution in [3.63, 3.8) is 0 Å². The van der Waals surface area contributed by atoms with E-state index in [9.17, 15) is 4.39 Å². The number of hydrogen-bond donors (Lipinski definition) is 2. The van der Waals surface area contributed by atoms with Gasteiger partial charge in [0.25, 0.3) is 0 Å². The molecule has 0 aromatic heterocycles. The number of nitrogens with one attached hydrogen (secondary N) is 1. The monoisotopic (exact) mass is 482 g/mol. The second-order valence-electron chi connectivity index (χ2n) is 8.10. The van der Waals surface area contributed by atoms with Crippen LogP contribution in [0.4, 0.5) is 4.39 Å². The number of nitrogens with zero attached hydrogens (tertiary/aromatic N) is 2. The summed E-state index contributed by atoms with van der Waals surface area (Å²) in [6.07, 6.45) is 10.0. The molecule has 168 valence electrons. The van der Waals surface area contributed by atoms with Crippen molar-refractivity contribution < 1.29 is 9.13 Å². The highest BCUT2D eigenvalue weighted by molar-refractivity contribution is 9.11. The molecule has 7 heteroatoms. The second-order valence-corrected chi connectivity index (χ2v) is 8.95. The molecule has 0 bridgehead atoms. The average molecular weight is 483 g/mol. The SMILES string of the molecule is C/C=C(\COC1CC=C(NCC2CC2)C(N)=C1Br)CN1CCC(CF)C1.C=CN=C. The van der Waals surface area contributed by atoms with Crippen molar-refractivity contribution in [1.29, 1.82) is 0 Å². The lowest BCUT2D eigenvalue weighted by atomic mass is 10.1. The van der Waals surface area contributed by atoms with E-state index in [4.69, 9.17) is 10.5 Å². The third kappa shape index (κ3) is 8.00. The van der Waals surface area contributed by atoms with Gasteiger partial charge in [-0.15, -0.1) is 0 Å². The standard InChI is InChI=1S/C20H31BrFN3O.C3H5N/c1-2-14(11-25-8-7-16(9-22)12-25)13-26-18-6-5-17(20(23)19(18)21)24-10-15-3-4-15;1-3-4-2/h2,5,15-16,18,24H,3-4,6-13,23H2,1H3;3H,1-2H2/b14-2-;. The van der Waals surface area contributed by atoms with Gasteiger partial charge in [-0.25, -0.2) is 0 Å². The number of alkyl halides is 1. The van der Waals surface area contributed by atoms with Crippen molar-refractivity contribution in [1.82, 2.24) is 10.2 Å². The quantitative estimate of drug-likeness (QED) is 0.360. The third-order valence-electron chi connectivity index (χ3n) is 5.67. The van der Waals surface area contributed by atoms with Crippen LogP contribution in [0.3, 0.4) is 0 Å². The topological polar surface area (TPSA) is 62.9 Å². The number of allylic oxidation sites excluding steroid dienone is 1. The summed E-state index contributed by atoms with van der Waals surface area (Å²) in [6.45, 7) is 12.5. The number of halogens is 2. The van der Waals surface area contributed by atoms with E-state index in [-0.39, 0.29) is 18.7 Å². The largest absolute Gasteiger partial charge is 0.396 e. The molecule has 2 atom stereocenters. The summed E-state index contributed by atoms with van der Waals surface area (Å²) in [5, 5.41) is 3.46. The van der Waals surface area contributed by atoms with Crippen LogP contribution in [0.1, 0.15) is 32.6 Å². The summed E-state index contributed by atoms with van der Waals surface area (Å²) < 4.78 is 19.9. The molecule has 1 heterocycles. The zero-order valence-corrected chi connectivity index (χ0v) is 19.7. The van der Waals surface area contributed by atoms with E-state index in [0.717, 1.165) is 60.8 Å². The van der Waals surface area contributed by atoms with Crippen molar-refractivity contribution in [2.24, 2.45) is 22.6 Å². The molecule has 1 saturated carbocycles. The Morgan fingerprint density at radius 3 is 2.73 bits per heavy atom. The molecule has 0 spiro atoms. The average Bonchev–Trinajstić information content (AvgIpc) is 3.49. The minimum absolute atomic E-state index is 0.0337. The lowest BCUT2D eigenvalue weighted by molar-refractivity contribution is 0.0981. The molecule has 5 nitrogen and oxygen atoms in total. The first-order valence-corrected chi connectivity index (χ1v) is 11.5. The van der Waals surface area contributed by atoms with Gasteiger partial charge in [0.2, 0.25) is 0 Å². The number of ether oxygens (including phenoxy) is 1. The Balaban J connectivity index is 0.000000735. The van der Waals surface area contributed by atoms with Gasteiger partial charge in [0.15, 0.2) is 0 Å². The summed E-state index contributed by atoms with van der Waals surface area (Å²) in [6, 6.07) is 0. The Labute approximate surface area is 189 Å². The Hall–Kier alpha value is -1.44. The van der Waals surface area contributed by atoms with Gasteiger partial charge in [-0.2, -0.15) is 0 Å². The zero-order chi connectivity index (χ0) is 21.9. The molecule has 1 aliphatic heterocycles. The van der Waals surface area contributed by atoms with Crippen LogP contribution in [-0.2, 0) is 4.74 Å². The van der Waals surface area contributed by atoms with E-state index in [1.807, 2.05) is 6.92 Å². The van der Waals surface area contributed by atoms with Gasteiger partial charge in [-0.05, 0) is 57.4 Å². The number of hydrogen-bond acceptors (Lipinski definition) is 5. The number of rotatable bonds is 10. The zero-order valence-electron chi connectivity index (χ0n) is 18.1. The number of nitrogens with two attached hydrogens (primary N) is 1. The van der Waals surface area contributed by atoms with E-state index < -0.39 is 0 Å². The molecule has 0 radical (unpaired) electrons. The maximum Gasteiger partial charge on any atom is 0.0950 e. The summed E-state index contributed by atoms with van der Waals surface area (Å²) in [7, 11) is 0. The summed E-state index contributed by atoms with van der Waals surface area (Å²) >= 11 is 3.64. The van der Waals surface area contributed by atoms with Gasteiger partial charge < -0.3 is 15.8 Å². The normalized spacial score (nSPS) is 24.8. The van der Waals surface area contributed by atoms with Gasteiger partial charge in [0.05, 0.1) is 30.8 Å². The lowest BCUT2D eigenvalue weighted by Crippen LogP contribution is -2.30. The van der Waals surface area contributed by atoms with Gasteiger partial charge in [0.1, 0.15) is 0 Å². The minimum atomic E-state index is -0.208. The highest BCUT2D eigenvalue weighted by Crippen LogP contribution is 2.31. The fraction of sp³-hybridized carbons (Fsp3) is 0.609. The van der Waals surface area contributed by atoms with Crippen LogP contribution < -0.4 is 11.1 Å². The van der Waals surface area contributed by atoms with Crippen LogP contribution >= 0.6 is 15.9 Å². The summed E-state index contributed by atoms with van der Waals surface area (Å²) in [4.78, 5) is 5.57. The van der Waals surface area contributed by atoms with Crippen molar-refractivity contribution in [2.45, 2.75) is 38.7 Å². The first-order valence-electron chi connectivity index (χ1n) is 10.7. The Morgan fingerprint density at radius 1 is 1.43 bits per heavy atom. The molecule has 2 unspecified atom stereocenters.